The molecular weight excluding hydrogens is 442 g/mol. The zero-order chi connectivity index (χ0) is 21.7. The number of hydrogen-bond acceptors (Lipinski definition) is 8. The van der Waals surface area contributed by atoms with Gasteiger partial charge in [0.25, 0.3) is 0 Å². The fourth-order valence-corrected chi connectivity index (χ4v) is 6.61. The maximum Gasteiger partial charge on any atom is 0.243 e. The molecule has 1 atom stereocenters. The van der Waals surface area contributed by atoms with Gasteiger partial charge >= 0.3 is 0 Å². The topological polar surface area (TPSA) is 104 Å². The van der Waals surface area contributed by atoms with Gasteiger partial charge in [-0.1, -0.05) is 35.6 Å². The minimum Gasteiger partial charge on any atom is -0.358 e. The molecule has 1 aromatic heterocycles. The molecule has 1 aliphatic rings. The Morgan fingerprint density at radius 3 is 2.60 bits per heavy atom. The van der Waals surface area contributed by atoms with Crippen LogP contribution in [0.2, 0.25) is 0 Å². The summed E-state index contributed by atoms with van der Waals surface area (Å²) in [7, 11) is -3.54. The summed E-state index contributed by atoms with van der Waals surface area (Å²) in [6.45, 7) is 6.91. The molecule has 2 aromatic rings. The molecule has 1 amide bonds. The molecular formula is C19H27N5O3S3. The first-order valence-corrected chi connectivity index (χ1v) is 13.1. The number of rotatable bonds is 8. The van der Waals surface area contributed by atoms with Crippen LogP contribution in [-0.4, -0.2) is 53.2 Å². The Bertz CT molecular complexity index is 971. The molecule has 2 N–H and O–H groups in total. The summed E-state index contributed by atoms with van der Waals surface area (Å²) >= 11 is 2.72. The van der Waals surface area contributed by atoms with E-state index in [1.807, 2.05) is 13.8 Å². The highest BCUT2D eigenvalue weighted by Crippen LogP contribution is 2.30. The van der Waals surface area contributed by atoms with Crippen molar-refractivity contribution in [1.29, 1.82) is 0 Å². The largest absolute Gasteiger partial charge is 0.358 e. The fourth-order valence-electron chi connectivity index (χ4n) is 3.00. The van der Waals surface area contributed by atoms with E-state index in [2.05, 4.69) is 20.8 Å². The van der Waals surface area contributed by atoms with Crippen LogP contribution < -0.4 is 10.6 Å². The molecule has 0 saturated carbocycles. The molecule has 1 saturated heterocycles. The van der Waals surface area contributed by atoms with Crippen LogP contribution in [0.4, 0.5) is 10.8 Å². The number of hydrogen-bond donors (Lipinski definition) is 2. The summed E-state index contributed by atoms with van der Waals surface area (Å²) < 4.78 is 28.0. The predicted molar refractivity (Wildman–Crippen MR) is 122 cm³/mol. The van der Waals surface area contributed by atoms with E-state index in [1.165, 1.54) is 33.5 Å². The third-order valence-electron chi connectivity index (χ3n) is 4.52. The Balaban J connectivity index is 1.63. The second kappa shape index (κ2) is 10.1. The third-order valence-corrected chi connectivity index (χ3v) is 8.45. The van der Waals surface area contributed by atoms with Gasteiger partial charge in [0.05, 0.1) is 10.1 Å². The molecule has 1 unspecified atom stereocenters. The van der Waals surface area contributed by atoms with Crippen molar-refractivity contribution in [3.05, 3.63) is 24.3 Å². The SMILES string of the molecule is CC(C)Nc1nnc(SC(C)C(=O)Nc2cccc(S(=O)(=O)N3CCCCC3)c2)s1. The molecule has 3 rings (SSSR count). The number of nitrogens with one attached hydrogen (secondary N) is 2. The fraction of sp³-hybridized carbons (Fsp3) is 0.526. The number of carbonyl (C=O) groups excluding carboxylic acids is 1. The first kappa shape index (κ1) is 23.0. The maximum atomic E-state index is 12.9. The van der Waals surface area contributed by atoms with Crippen LogP contribution in [0, 0.1) is 0 Å². The van der Waals surface area contributed by atoms with E-state index in [0.717, 1.165) is 24.4 Å². The van der Waals surface area contributed by atoms with Gasteiger partial charge in [0.1, 0.15) is 0 Å². The monoisotopic (exact) mass is 469 g/mol. The summed E-state index contributed by atoms with van der Waals surface area (Å²) in [6, 6.07) is 6.70. The molecule has 0 spiro atoms. The molecule has 1 aliphatic heterocycles. The van der Waals surface area contributed by atoms with Crippen molar-refractivity contribution >= 4 is 49.8 Å². The lowest BCUT2D eigenvalue weighted by Crippen LogP contribution is -2.35. The normalized spacial score (nSPS) is 16.4. The van der Waals surface area contributed by atoms with Gasteiger partial charge in [-0.25, -0.2) is 8.42 Å². The van der Waals surface area contributed by atoms with Crippen molar-refractivity contribution in [2.24, 2.45) is 0 Å². The average molecular weight is 470 g/mol. The van der Waals surface area contributed by atoms with Gasteiger partial charge in [0, 0.05) is 24.8 Å². The smallest absolute Gasteiger partial charge is 0.243 e. The Labute approximate surface area is 185 Å². The van der Waals surface area contributed by atoms with Gasteiger partial charge in [-0.05, 0) is 51.8 Å². The first-order valence-electron chi connectivity index (χ1n) is 9.93. The lowest BCUT2D eigenvalue weighted by Gasteiger charge is -2.26. The predicted octanol–water partition coefficient (Wildman–Crippen LogP) is 3.65. The molecule has 0 aliphatic carbocycles. The van der Waals surface area contributed by atoms with E-state index in [4.69, 9.17) is 0 Å². The molecule has 11 heteroatoms. The summed E-state index contributed by atoms with van der Waals surface area (Å²) in [5.74, 6) is -0.221. The maximum absolute atomic E-state index is 12.9. The summed E-state index contributed by atoms with van der Waals surface area (Å²) in [6.07, 6.45) is 2.82. The number of amides is 1. The molecule has 8 nitrogen and oxygen atoms in total. The Morgan fingerprint density at radius 1 is 1.17 bits per heavy atom. The summed E-state index contributed by atoms with van der Waals surface area (Å²) in [4.78, 5) is 12.8. The molecule has 164 valence electrons. The van der Waals surface area contributed by atoms with Crippen LogP contribution in [0.3, 0.4) is 0 Å². The van der Waals surface area contributed by atoms with Crippen molar-refractivity contribution in [2.45, 2.75) is 60.6 Å². The highest BCUT2D eigenvalue weighted by Gasteiger charge is 2.26. The summed E-state index contributed by atoms with van der Waals surface area (Å²) in [5, 5.41) is 14.5. The van der Waals surface area contributed by atoms with Crippen molar-refractivity contribution in [3.8, 4) is 0 Å². The number of sulfonamides is 1. The lowest BCUT2D eigenvalue weighted by atomic mass is 10.2. The van der Waals surface area contributed by atoms with Gasteiger partial charge in [-0.15, -0.1) is 10.2 Å². The summed E-state index contributed by atoms with van der Waals surface area (Å²) in [5.41, 5.74) is 0.463. The Kier molecular flexibility index (Phi) is 7.72. The minimum absolute atomic E-state index is 0.205. The zero-order valence-electron chi connectivity index (χ0n) is 17.3. The second-order valence-electron chi connectivity index (χ2n) is 7.41. The van der Waals surface area contributed by atoms with E-state index in [0.29, 0.717) is 23.1 Å². The van der Waals surface area contributed by atoms with Crippen molar-refractivity contribution in [3.63, 3.8) is 0 Å². The number of benzene rings is 1. The van der Waals surface area contributed by atoms with Gasteiger partial charge in [-0.3, -0.25) is 4.79 Å². The van der Waals surface area contributed by atoms with Crippen LogP contribution in [0.25, 0.3) is 0 Å². The van der Waals surface area contributed by atoms with Gasteiger partial charge < -0.3 is 10.6 Å². The van der Waals surface area contributed by atoms with Crippen molar-refractivity contribution in [2.75, 3.05) is 23.7 Å². The van der Waals surface area contributed by atoms with Crippen LogP contribution in [0.5, 0.6) is 0 Å². The van der Waals surface area contributed by atoms with Gasteiger partial charge in [-0.2, -0.15) is 4.31 Å². The van der Waals surface area contributed by atoms with Crippen LogP contribution >= 0.6 is 23.1 Å². The quantitative estimate of drug-likeness (QED) is 0.569. The standard InChI is InChI=1S/C19H27N5O3S3/c1-13(2)20-18-22-23-19(29-18)28-14(3)17(25)21-15-8-7-9-16(12-15)30(26,27)24-10-5-4-6-11-24/h7-9,12-14H,4-6,10-11H2,1-3H3,(H,20,22)(H,21,25). The number of piperidine rings is 1. The van der Waals surface area contributed by atoms with E-state index in [-0.39, 0.29) is 16.8 Å². The highest BCUT2D eigenvalue weighted by atomic mass is 32.2. The number of anilines is 2. The van der Waals surface area contributed by atoms with E-state index in [1.54, 1.807) is 25.1 Å². The van der Waals surface area contributed by atoms with Crippen molar-refractivity contribution < 1.29 is 13.2 Å². The van der Waals surface area contributed by atoms with Gasteiger partial charge in [0.15, 0.2) is 4.34 Å². The first-order chi connectivity index (χ1) is 14.3. The van der Waals surface area contributed by atoms with E-state index < -0.39 is 15.3 Å². The van der Waals surface area contributed by atoms with E-state index >= 15 is 0 Å². The number of carbonyl (C=O) groups is 1. The Morgan fingerprint density at radius 2 is 1.90 bits per heavy atom. The number of aromatic nitrogens is 2. The minimum atomic E-state index is -3.54. The molecule has 1 aromatic carbocycles. The molecule has 2 heterocycles. The zero-order valence-corrected chi connectivity index (χ0v) is 19.7. The number of thioether (sulfide) groups is 1. The van der Waals surface area contributed by atoms with Crippen LogP contribution in [0.1, 0.15) is 40.0 Å². The molecule has 30 heavy (non-hydrogen) atoms. The molecule has 1 fully saturated rings. The van der Waals surface area contributed by atoms with Crippen molar-refractivity contribution in [1.82, 2.24) is 14.5 Å². The van der Waals surface area contributed by atoms with Gasteiger partial charge in [0.2, 0.25) is 21.1 Å². The van der Waals surface area contributed by atoms with Crippen LogP contribution in [0.15, 0.2) is 33.5 Å². The lowest BCUT2D eigenvalue weighted by molar-refractivity contribution is -0.115. The Hall–Kier alpha value is -1.69. The average Bonchev–Trinajstić information content (AvgIpc) is 3.14. The second-order valence-corrected chi connectivity index (χ2v) is 11.9. The molecule has 0 bridgehead atoms. The van der Waals surface area contributed by atoms with E-state index in [9.17, 15) is 13.2 Å². The van der Waals surface area contributed by atoms with Crippen LogP contribution in [-0.2, 0) is 14.8 Å². The highest BCUT2D eigenvalue weighted by molar-refractivity contribution is 8.02. The molecule has 0 radical (unpaired) electrons. The number of nitrogens with zero attached hydrogens (tertiary/aromatic N) is 3. The third kappa shape index (κ3) is 5.93.